The van der Waals surface area contributed by atoms with Crippen LogP contribution in [0.1, 0.15) is 58.1 Å². The molecule has 168 valence electrons. The van der Waals surface area contributed by atoms with Crippen LogP contribution in [0.4, 0.5) is 4.39 Å². The highest BCUT2D eigenvalue weighted by Gasteiger charge is 2.27. The van der Waals surface area contributed by atoms with E-state index in [0.29, 0.717) is 12.1 Å². The minimum Gasteiger partial charge on any atom is -0.478 e. The molecule has 1 N–H and O–H groups in total. The summed E-state index contributed by atoms with van der Waals surface area (Å²) in [5, 5.41) is 10.9. The average molecular weight is 451 g/mol. The third-order valence-corrected chi connectivity index (χ3v) is 6.79. The second-order valence-corrected chi connectivity index (χ2v) is 9.27. The predicted octanol–water partition coefficient (Wildman–Crippen LogP) is 6.76. The van der Waals surface area contributed by atoms with Crippen LogP contribution in [-0.2, 0) is 13.0 Å². The quantitative estimate of drug-likeness (QED) is 0.373. The van der Waals surface area contributed by atoms with Crippen molar-refractivity contribution in [2.24, 2.45) is 4.99 Å². The summed E-state index contributed by atoms with van der Waals surface area (Å²) >= 11 is 0. The van der Waals surface area contributed by atoms with Crippen molar-refractivity contribution >= 4 is 29.2 Å². The molecule has 1 aliphatic heterocycles. The monoisotopic (exact) mass is 450 g/mol. The van der Waals surface area contributed by atoms with Crippen molar-refractivity contribution < 1.29 is 14.3 Å². The molecule has 0 unspecified atom stereocenters. The molecule has 0 radical (unpaired) electrons. The van der Waals surface area contributed by atoms with Crippen LogP contribution in [0.25, 0.3) is 33.8 Å². The van der Waals surface area contributed by atoms with Crippen molar-refractivity contribution in [3.05, 3.63) is 93.9 Å². The normalized spacial score (nSPS) is 13.8. The molecule has 0 bridgehead atoms. The van der Waals surface area contributed by atoms with Crippen LogP contribution in [0.15, 0.2) is 59.6 Å². The van der Waals surface area contributed by atoms with E-state index >= 15 is 0 Å². The Kier molecular flexibility index (Phi) is 4.56. The van der Waals surface area contributed by atoms with Gasteiger partial charge in [0.1, 0.15) is 5.82 Å². The number of allylic oxidation sites excluding steroid dienone is 1. The molecular formula is C29H23FN2O2. The molecule has 0 saturated carbocycles. The first-order valence-electron chi connectivity index (χ1n) is 11.5. The number of fused-ring (bicyclic) bond motifs is 3. The van der Waals surface area contributed by atoms with E-state index in [1.807, 2.05) is 6.21 Å². The lowest BCUT2D eigenvalue weighted by Crippen LogP contribution is -2.05. The van der Waals surface area contributed by atoms with Crippen LogP contribution < -0.4 is 0 Å². The Labute approximate surface area is 196 Å². The van der Waals surface area contributed by atoms with Crippen molar-refractivity contribution in [3.8, 4) is 16.8 Å². The number of carbonyl (C=O) groups is 1. The van der Waals surface area contributed by atoms with Gasteiger partial charge in [0.15, 0.2) is 0 Å². The fraction of sp³-hybridized carbons (Fsp3) is 0.172. The first kappa shape index (κ1) is 20.6. The van der Waals surface area contributed by atoms with Gasteiger partial charge in [-0.1, -0.05) is 26.0 Å². The van der Waals surface area contributed by atoms with Crippen molar-refractivity contribution in [1.82, 2.24) is 4.57 Å². The van der Waals surface area contributed by atoms with Crippen molar-refractivity contribution in [1.29, 1.82) is 0 Å². The molecule has 0 atom stereocenters. The number of aliphatic imine (C=N–C) groups is 1. The van der Waals surface area contributed by atoms with Gasteiger partial charge >= 0.3 is 5.97 Å². The summed E-state index contributed by atoms with van der Waals surface area (Å²) in [4.78, 5) is 16.5. The van der Waals surface area contributed by atoms with E-state index in [-0.39, 0.29) is 11.7 Å². The first-order valence-corrected chi connectivity index (χ1v) is 11.5. The van der Waals surface area contributed by atoms with Crippen molar-refractivity contribution in [2.75, 3.05) is 0 Å². The minimum absolute atomic E-state index is 0.130. The number of nitrogens with zero attached hydrogens (tertiary/aromatic N) is 2. The summed E-state index contributed by atoms with van der Waals surface area (Å²) in [6.45, 7) is 4.92. The number of aromatic nitrogens is 1. The SMILES string of the molecule is CC(C)c1c(-c2cc(C(=O)O)cc3c2C=CC3)c2cc3c(cc2n1-c1ccc(F)cc1)C=NC3. The summed E-state index contributed by atoms with van der Waals surface area (Å²) < 4.78 is 16.0. The van der Waals surface area contributed by atoms with Gasteiger partial charge in [-0.25, -0.2) is 9.18 Å². The summed E-state index contributed by atoms with van der Waals surface area (Å²) in [7, 11) is 0. The van der Waals surface area contributed by atoms with Crippen LogP contribution >= 0.6 is 0 Å². The van der Waals surface area contributed by atoms with Crippen LogP contribution in [0.5, 0.6) is 0 Å². The van der Waals surface area contributed by atoms with Crippen LogP contribution in [-0.4, -0.2) is 21.9 Å². The highest BCUT2D eigenvalue weighted by atomic mass is 19.1. The van der Waals surface area contributed by atoms with Gasteiger partial charge in [-0.05, 0) is 88.7 Å². The highest BCUT2D eigenvalue weighted by Crippen LogP contribution is 2.45. The standard InChI is InChI=1S/C29H23FN2O2/c1-16(2)28-27(24-11-18(29(33)34)10-17-4-3-5-23(17)24)25-12-19-14-31-15-20(19)13-26(25)32(28)22-8-6-21(30)7-9-22/h3,5-13,15-16H,4,14H2,1-2H3,(H,33,34). The summed E-state index contributed by atoms with van der Waals surface area (Å²) in [6.07, 6.45) is 6.80. The number of hydrogen-bond donors (Lipinski definition) is 1. The number of benzene rings is 3. The van der Waals surface area contributed by atoms with Crippen molar-refractivity contribution in [2.45, 2.75) is 32.7 Å². The third kappa shape index (κ3) is 3.04. The van der Waals surface area contributed by atoms with E-state index in [0.717, 1.165) is 62.1 Å². The molecule has 0 amide bonds. The summed E-state index contributed by atoms with van der Waals surface area (Å²) in [5.74, 6) is -1.08. The number of aromatic carboxylic acids is 1. The molecule has 1 aromatic heterocycles. The number of carboxylic acids is 1. The second kappa shape index (κ2) is 7.52. The maximum atomic E-state index is 13.8. The smallest absolute Gasteiger partial charge is 0.335 e. The Balaban J connectivity index is 1.78. The molecule has 3 aromatic carbocycles. The molecule has 0 spiro atoms. The van der Waals surface area contributed by atoms with E-state index in [4.69, 9.17) is 0 Å². The summed E-state index contributed by atoms with van der Waals surface area (Å²) in [5.41, 5.74) is 9.55. The van der Waals surface area contributed by atoms with Gasteiger partial charge in [0.05, 0.1) is 17.6 Å². The van der Waals surface area contributed by atoms with Gasteiger partial charge < -0.3 is 9.67 Å². The second-order valence-electron chi connectivity index (χ2n) is 9.27. The molecule has 4 aromatic rings. The number of carboxylic acid groups (broad SMARTS) is 1. The molecule has 1 aliphatic carbocycles. The number of halogens is 1. The first-order chi connectivity index (χ1) is 16.4. The predicted molar refractivity (Wildman–Crippen MR) is 134 cm³/mol. The molecule has 0 saturated heterocycles. The van der Waals surface area contributed by atoms with Gasteiger partial charge in [-0.3, -0.25) is 4.99 Å². The zero-order valence-electron chi connectivity index (χ0n) is 19.0. The van der Waals surface area contributed by atoms with E-state index in [2.05, 4.69) is 47.7 Å². The number of hydrogen-bond acceptors (Lipinski definition) is 2. The van der Waals surface area contributed by atoms with Crippen LogP contribution in [0.2, 0.25) is 0 Å². The molecule has 5 heteroatoms. The van der Waals surface area contributed by atoms with E-state index in [1.54, 1.807) is 24.3 Å². The maximum Gasteiger partial charge on any atom is 0.335 e. The Morgan fingerprint density at radius 1 is 1.09 bits per heavy atom. The Morgan fingerprint density at radius 2 is 1.88 bits per heavy atom. The van der Waals surface area contributed by atoms with Gasteiger partial charge in [0.2, 0.25) is 0 Å². The van der Waals surface area contributed by atoms with Gasteiger partial charge in [0.25, 0.3) is 0 Å². The largest absolute Gasteiger partial charge is 0.478 e. The average Bonchev–Trinajstić information content (AvgIpc) is 3.54. The molecule has 34 heavy (non-hydrogen) atoms. The zero-order chi connectivity index (χ0) is 23.6. The highest BCUT2D eigenvalue weighted by molar-refractivity contribution is 6.06. The van der Waals surface area contributed by atoms with Crippen LogP contribution in [0, 0.1) is 5.82 Å². The molecular weight excluding hydrogens is 427 g/mol. The lowest BCUT2D eigenvalue weighted by atomic mass is 9.89. The third-order valence-electron chi connectivity index (χ3n) is 6.79. The van der Waals surface area contributed by atoms with Crippen LogP contribution in [0.3, 0.4) is 0 Å². The fourth-order valence-corrected chi connectivity index (χ4v) is 5.32. The molecule has 6 rings (SSSR count). The number of rotatable bonds is 4. The molecule has 2 heterocycles. The van der Waals surface area contributed by atoms with Gasteiger partial charge in [-0.15, -0.1) is 0 Å². The topological polar surface area (TPSA) is 54.6 Å². The lowest BCUT2D eigenvalue weighted by Gasteiger charge is -2.17. The molecule has 4 nitrogen and oxygen atoms in total. The Hall–Kier alpha value is -3.99. The zero-order valence-corrected chi connectivity index (χ0v) is 19.0. The fourth-order valence-electron chi connectivity index (χ4n) is 5.32. The lowest BCUT2D eigenvalue weighted by molar-refractivity contribution is 0.0697. The molecule has 2 aliphatic rings. The van der Waals surface area contributed by atoms with Crippen molar-refractivity contribution in [3.63, 3.8) is 0 Å². The maximum absolute atomic E-state index is 13.8. The Bertz CT molecular complexity index is 1560. The van der Waals surface area contributed by atoms with E-state index in [1.165, 1.54) is 12.1 Å². The Morgan fingerprint density at radius 3 is 2.62 bits per heavy atom. The minimum atomic E-state index is -0.932. The van der Waals surface area contributed by atoms with E-state index in [9.17, 15) is 14.3 Å². The summed E-state index contributed by atoms with van der Waals surface area (Å²) in [6, 6.07) is 14.5. The molecule has 0 fully saturated rings. The van der Waals surface area contributed by atoms with Gasteiger partial charge in [0, 0.05) is 28.5 Å². The van der Waals surface area contributed by atoms with Gasteiger partial charge in [-0.2, -0.15) is 0 Å². The van der Waals surface area contributed by atoms with E-state index < -0.39 is 5.97 Å².